The summed E-state index contributed by atoms with van der Waals surface area (Å²) in [6.45, 7) is 15.0. The van der Waals surface area contributed by atoms with Crippen LogP contribution in [0.1, 0.15) is 85.3 Å². The van der Waals surface area contributed by atoms with Crippen LogP contribution in [0.5, 0.6) is 0 Å². The van der Waals surface area contributed by atoms with Crippen molar-refractivity contribution in [2.24, 2.45) is 11.8 Å². The van der Waals surface area contributed by atoms with Gasteiger partial charge in [0, 0.05) is 24.4 Å². The fourth-order valence-electron chi connectivity index (χ4n) is 5.95. The molecule has 7 heteroatoms. The highest BCUT2D eigenvalue weighted by atomic mass is 16.2. The Morgan fingerprint density at radius 3 is 2.31 bits per heavy atom. The van der Waals surface area contributed by atoms with Gasteiger partial charge in [-0.2, -0.15) is 0 Å². The standard InChI is InChI=1S/C32H50N4O3/c1-20(2)28(18-23(7)30(37)33-26-16-15-24-12-11-13-25(24)19-26)35(8)32(39)29(21(3)4)34-31(38)27-14-9-10-17-36(27)22(5)6/h15-16,18-22,27-29H,9-14,17H2,1-8H3,(H,33,37)(H,34,38)/b23-18+/t27?,28-,29+/m1/s1. The number of benzene rings is 1. The van der Waals surface area contributed by atoms with E-state index in [9.17, 15) is 14.4 Å². The molecule has 1 aromatic rings. The topological polar surface area (TPSA) is 81.8 Å². The molecule has 3 rings (SSSR count). The summed E-state index contributed by atoms with van der Waals surface area (Å²) in [6, 6.07) is 5.30. The third kappa shape index (κ3) is 7.71. The number of amides is 3. The van der Waals surface area contributed by atoms with E-state index in [1.807, 2.05) is 39.8 Å². The summed E-state index contributed by atoms with van der Waals surface area (Å²) in [5.74, 6) is -0.349. The molecule has 1 heterocycles. The van der Waals surface area contributed by atoms with Gasteiger partial charge >= 0.3 is 0 Å². The molecule has 1 fully saturated rings. The molecule has 39 heavy (non-hydrogen) atoms. The first-order chi connectivity index (χ1) is 18.4. The second-order valence-corrected chi connectivity index (χ2v) is 12.4. The predicted octanol–water partition coefficient (Wildman–Crippen LogP) is 4.95. The van der Waals surface area contributed by atoms with Crippen LogP contribution in [0.4, 0.5) is 5.69 Å². The second kappa shape index (κ2) is 13.6. The highest BCUT2D eigenvalue weighted by molar-refractivity contribution is 6.03. The maximum atomic E-state index is 13.8. The number of piperidine rings is 1. The molecule has 0 bridgehead atoms. The Labute approximate surface area is 235 Å². The highest BCUT2D eigenvalue weighted by Crippen LogP contribution is 2.26. The zero-order valence-corrected chi connectivity index (χ0v) is 25.3. The van der Waals surface area contributed by atoms with Crippen molar-refractivity contribution >= 4 is 23.4 Å². The van der Waals surface area contributed by atoms with Gasteiger partial charge in [-0.3, -0.25) is 19.3 Å². The molecule has 1 aliphatic heterocycles. The molecule has 1 aliphatic carbocycles. The summed E-state index contributed by atoms with van der Waals surface area (Å²) in [5, 5.41) is 6.13. The number of nitrogens with zero attached hydrogens (tertiary/aromatic N) is 2. The fraction of sp³-hybridized carbons (Fsp3) is 0.656. The van der Waals surface area contributed by atoms with Crippen LogP contribution in [0, 0.1) is 11.8 Å². The smallest absolute Gasteiger partial charge is 0.251 e. The summed E-state index contributed by atoms with van der Waals surface area (Å²) in [7, 11) is 1.78. The van der Waals surface area contributed by atoms with E-state index in [1.54, 1.807) is 18.9 Å². The first-order valence-corrected chi connectivity index (χ1v) is 14.8. The second-order valence-electron chi connectivity index (χ2n) is 12.4. The molecule has 0 spiro atoms. The lowest BCUT2D eigenvalue weighted by molar-refractivity contribution is -0.140. The molecular formula is C32H50N4O3. The molecular weight excluding hydrogens is 488 g/mol. The minimum absolute atomic E-state index is 0.0645. The number of rotatable bonds is 10. The lowest BCUT2D eigenvalue weighted by Gasteiger charge is -2.39. The Hall–Kier alpha value is -2.67. The van der Waals surface area contributed by atoms with Crippen molar-refractivity contribution in [1.29, 1.82) is 0 Å². The van der Waals surface area contributed by atoms with E-state index in [0.717, 1.165) is 50.8 Å². The Morgan fingerprint density at radius 1 is 0.974 bits per heavy atom. The lowest BCUT2D eigenvalue weighted by atomic mass is 9.95. The zero-order chi connectivity index (χ0) is 28.9. The average Bonchev–Trinajstić information content (AvgIpc) is 3.36. The quantitative estimate of drug-likeness (QED) is 0.413. The van der Waals surface area contributed by atoms with Crippen LogP contribution < -0.4 is 10.6 Å². The van der Waals surface area contributed by atoms with Gasteiger partial charge in [0.15, 0.2) is 0 Å². The molecule has 1 saturated heterocycles. The molecule has 2 N–H and O–H groups in total. The molecule has 1 unspecified atom stereocenters. The average molecular weight is 539 g/mol. The first-order valence-electron chi connectivity index (χ1n) is 14.8. The molecule has 0 saturated carbocycles. The van der Waals surface area contributed by atoms with Crippen LogP contribution in [-0.4, -0.2) is 65.3 Å². The van der Waals surface area contributed by atoms with Crippen molar-refractivity contribution in [1.82, 2.24) is 15.1 Å². The van der Waals surface area contributed by atoms with Crippen molar-refractivity contribution in [3.8, 4) is 0 Å². The number of carbonyl (C=O) groups is 3. The van der Waals surface area contributed by atoms with Crippen molar-refractivity contribution in [3.05, 3.63) is 41.0 Å². The number of likely N-dealkylation sites (N-methyl/N-ethyl adjacent to an activating group) is 1. The van der Waals surface area contributed by atoms with E-state index in [1.165, 1.54) is 11.1 Å². The predicted molar refractivity (Wildman–Crippen MR) is 158 cm³/mol. The number of hydrogen-bond acceptors (Lipinski definition) is 4. The maximum absolute atomic E-state index is 13.8. The Balaban J connectivity index is 1.72. The van der Waals surface area contributed by atoms with Gasteiger partial charge in [0.1, 0.15) is 6.04 Å². The number of likely N-dealkylation sites (tertiary alicyclic amines) is 1. The lowest BCUT2D eigenvalue weighted by Crippen LogP contribution is -2.58. The monoisotopic (exact) mass is 538 g/mol. The molecule has 3 atom stereocenters. The van der Waals surface area contributed by atoms with E-state index < -0.39 is 6.04 Å². The van der Waals surface area contributed by atoms with Crippen molar-refractivity contribution in [2.45, 2.75) is 111 Å². The van der Waals surface area contributed by atoms with E-state index in [4.69, 9.17) is 0 Å². The van der Waals surface area contributed by atoms with Crippen LogP contribution in [0.15, 0.2) is 29.8 Å². The number of anilines is 1. The number of fused-ring (bicyclic) bond motifs is 1. The molecule has 7 nitrogen and oxygen atoms in total. The number of aryl methyl sites for hydroxylation is 2. The molecule has 0 radical (unpaired) electrons. The summed E-state index contributed by atoms with van der Waals surface area (Å²) in [4.78, 5) is 44.2. The van der Waals surface area contributed by atoms with Gasteiger partial charge in [-0.1, -0.05) is 46.3 Å². The third-order valence-electron chi connectivity index (χ3n) is 8.35. The van der Waals surface area contributed by atoms with E-state index in [2.05, 4.69) is 41.5 Å². The van der Waals surface area contributed by atoms with Crippen LogP contribution in [-0.2, 0) is 27.2 Å². The Morgan fingerprint density at radius 2 is 1.67 bits per heavy atom. The normalized spacial score (nSPS) is 19.7. The minimum Gasteiger partial charge on any atom is -0.343 e. The van der Waals surface area contributed by atoms with E-state index >= 15 is 0 Å². The van der Waals surface area contributed by atoms with Crippen LogP contribution in [0.2, 0.25) is 0 Å². The van der Waals surface area contributed by atoms with Gasteiger partial charge in [-0.15, -0.1) is 0 Å². The molecule has 2 aliphatic rings. The van der Waals surface area contributed by atoms with E-state index in [0.29, 0.717) is 5.57 Å². The summed E-state index contributed by atoms with van der Waals surface area (Å²) in [6.07, 6.45) is 8.14. The summed E-state index contributed by atoms with van der Waals surface area (Å²) < 4.78 is 0. The van der Waals surface area contributed by atoms with Crippen molar-refractivity contribution < 1.29 is 14.4 Å². The van der Waals surface area contributed by atoms with Crippen LogP contribution in [0.25, 0.3) is 0 Å². The Kier molecular flexibility index (Phi) is 10.8. The van der Waals surface area contributed by atoms with Gasteiger partial charge in [-0.05, 0) is 94.5 Å². The molecule has 216 valence electrons. The number of nitrogens with one attached hydrogen (secondary N) is 2. The molecule has 3 amide bonds. The number of carbonyl (C=O) groups excluding carboxylic acids is 3. The third-order valence-corrected chi connectivity index (χ3v) is 8.35. The van der Waals surface area contributed by atoms with Gasteiger partial charge in [-0.25, -0.2) is 0 Å². The zero-order valence-electron chi connectivity index (χ0n) is 25.3. The largest absolute Gasteiger partial charge is 0.343 e. The highest BCUT2D eigenvalue weighted by Gasteiger charge is 2.36. The first kappa shape index (κ1) is 30.9. The van der Waals surface area contributed by atoms with Crippen LogP contribution >= 0.6 is 0 Å². The SMILES string of the molecule is C/C(=C\[C@H](C(C)C)N(C)C(=O)[C@@H](NC(=O)C1CCCCN1C(C)C)C(C)C)C(=O)Nc1ccc2c(c1)CCC2. The molecule has 1 aromatic carbocycles. The maximum Gasteiger partial charge on any atom is 0.251 e. The van der Waals surface area contributed by atoms with Gasteiger partial charge < -0.3 is 15.5 Å². The summed E-state index contributed by atoms with van der Waals surface area (Å²) in [5.41, 5.74) is 4.05. The van der Waals surface area contributed by atoms with Crippen LogP contribution in [0.3, 0.4) is 0 Å². The van der Waals surface area contributed by atoms with Gasteiger partial charge in [0.25, 0.3) is 5.91 Å². The van der Waals surface area contributed by atoms with Gasteiger partial charge in [0.2, 0.25) is 11.8 Å². The minimum atomic E-state index is -0.631. The van der Waals surface area contributed by atoms with E-state index in [-0.39, 0.29) is 47.7 Å². The van der Waals surface area contributed by atoms with Crippen molar-refractivity contribution in [3.63, 3.8) is 0 Å². The summed E-state index contributed by atoms with van der Waals surface area (Å²) >= 11 is 0. The van der Waals surface area contributed by atoms with Gasteiger partial charge in [0.05, 0.1) is 12.1 Å². The fourth-order valence-corrected chi connectivity index (χ4v) is 5.95. The Bertz CT molecular complexity index is 1060. The number of hydrogen-bond donors (Lipinski definition) is 2. The molecule has 0 aromatic heterocycles. The van der Waals surface area contributed by atoms with Crippen molar-refractivity contribution in [2.75, 3.05) is 18.9 Å².